The first kappa shape index (κ1) is 26.7. The van der Waals surface area contributed by atoms with E-state index in [-0.39, 0.29) is 42.0 Å². The lowest BCUT2D eigenvalue weighted by Crippen LogP contribution is -2.53. The van der Waals surface area contributed by atoms with E-state index >= 15 is 4.39 Å². The van der Waals surface area contributed by atoms with E-state index in [1.165, 1.54) is 11.2 Å². The number of amides is 2. The maximum atomic E-state index is 15.0. The third kappa shape index (κ3) is 6.06. The van der Waals surface area contributed by atoms with Crippen molar-refractivity contribution in [3.8, 4) is 29.1 Å². The van der Waals surface area contributed by atoms with E-state index in [1.807, 2.05) is 6.92 Å². The topological polar surface area (TPSA) is 155 Å². The van der Waals surface area contributed by atoms with Gasteiger partial charge in [0.2, 0.25) is 23.6 Å². The summed E-state index contributed by atoms with van der Waals surface area (Å²) >= 11 is 0. The van der Waals surface area contributed by atoms with Gasteiger partial charge < -0.3 is 25.0 Å². The highest BCUT2D eigenvalue weighted by Crippen LogP contribution is 2.29. The van der Waals surface area contributed by atoms with Crippen LogP contribution in [0.4, 0.5) is 16.0 Å². The van der Waals surface area contributed by atoms with Crippen LogP contribution < -0.4 is 20.1 Å². The molecule has 0 unspecified atom stereocenters. The number of hydrogen-bond acceptors (Lipinski definition) is 10. The number of nitrogens with one attached hydrogen (secondary N) is 2. The fourth-order valence-corrected chi connectivity index (χ4v) is 4.57. The van der Waals surface area contributed by atoms with Gasteiger partial charge in [-0.3, -0.25) is 9.59 Å². The van der Waals surface area contributed by atoms with E-state index in [0.717, 1.165) is 0 Å². The number of pyridine rings is 1. The van der Waals surface area contributed by atoms with Crippen molar-refractivity contribution in [3.05, 3.63) is 48.4 Å². The van der Waals surface area contributed by atoms with Gasteiger partial charge in [-0.05, 0) is 37.6 Å². The number of halogens is 1. The van der Waals surface area contributed by atoms with Crippen LogP contribution in [0.15, 0.2) is 42.9 Å². The van der Waals surface area contributed by atoms with Crippen molar-refractivity contribution in [1.29, 1.82) is 5.26 Å². The first-order chi connectivity index (χ1) is 19.4. The molecule has 40 heavy (non-hydrogen) atoms. The minimum absolute atomic E-state index is 0.139. The van der Waals surface area contributed by atoms with Gasteiger partial charge in [0.1, 0.15) is 30.3 Å². The van der Waals surface area contributed by atoms with E-state index in [2.05, 4.69) is 36.6 Å². The molecule has 12 nitrogen and oxygen atoms in total. The third-order valence-corrected chi connectivity index (χ3v) is 6.58. The maximum Gasteiger partial charge on any atom is 0.245 e. The Hall–Kier alpha value is -4.86. The van der Waals surface area contributed by atoms with Gasteiger partial charge >= 0.3 is 0 Å². The Morgan fingerprint density at radius 2 is 2.12 bits per heavy atom. The first-order valence-corrected chi connectivity index (χ1v) is 12.9. The lowest BCUT2D eigenvalue weighted by Gasteiger charge is -2.36. The van der Waals surface area contributed by atoms with Crippen LogP contribution in [-0.2, 0) is 9.59 Å². The highest BCUT2D eigenvalue weighted by atomic mass is 19.1. The van der Waals surface area contributed by atoms with Crippen LogP contribution in [0, 0.1) is 11.3 Å². The molecule has 0 bridgehead atoms. The normalized spacial score (nSPS) is 20.4. The Kier molecular flexibility index (Phi) is 7.95. The molecule has 206 valence electrons. The van der Waals surface area contributed by atoms with Crippen molar-refractivity contribution in [2.75, 3.05) is 25.0 Å². The molecule has 2 aliphatic rings. The molecule has 0 radical (unpaired) electrons. The maximum absolute atomic E-state index is 15.0. The van der Waals surface area contributed by atoms with E-state index in [4.69, 9.17) is 9.47 Å². The number of piperidine rings is 1. The Bertz CT molecular complexity index is 1430. The zero-order valence-corrected chi connectivity index (χ0v) is 21.7. The van der Waals surface area contributed by atoms with Gasteiger partial charge in [0.05, 0.1) is 30.6 Å². The first-order valence-electron chi connectivity index (χ1n) is 12.9. The van der Waals surface area contributed by atoms with Gasteiger partial charge in [0, 0.05) is 31.0 Å². The summed E-state index contributed by atoms with van der Waals surface area (Å²) in [5.74, 6) is 0.902. The van der Waals surface area contributed by atoms with E-state index in [9.17, 15) is 14.9 Å². The van der Waals surface area contributed by atoms with Crippen LogP contribution in [0.1, 0.15) is 31.7 Å². The smallest absolute Gasteiger partial charge is 0.245 e. The zero-order valence-electron chi connectivity index (χ0n) is 21.7. The molecule has 2 N–H and O–H groups in total. The van der Waals surface area contributed by atoms with Crippen LogP contribution >= 0.6 is 0 Å². The molecule has 0 spiro atoms. The molecule has 13 heteroatoms. The largest absolute Gasteiger partial charge is 0.486 e. The SMILES string of the molecule is CCOc1ccc(Nc2ncnc(-c3ccc(O[C@H]4CCN(C(=O)[C@@H]5CCC(=O)N5)C[C@@H]4F)c(C#N)c3)n2)cn1. The number of aromatic nitrogens is 4. The molecule has 4 heterocycles. The number of likely N-dealkylation sites (tertiary alicyclic amines) is 1. The lowest BCUT2D eigenvalue weighted by atomic mass is 10.0. The van der Waals surface area contributed by atoms with Crippen LogP contribution in [0.3, 0.4) is 0 Å². The second-order valence-corrected chi connectivity index (χ2v) is 9.30. The van der Waals surface area contributed by atoms with Gasteiger partial charge in [-0.2, -0.15) is 10.2 Å². The van der Waals surface area contributed by atoms with Gasteiger partial charge in [0.15, 0.2) is 12.0 Å². The predicted octanol–water partition coefficient (Wildman–Crippen LogP) is 2.54. The fraction of sp³-hybridized carbons (Fsp3) is 0.370. The predicted molar refractivity (Wildman–Crippen MR) is 140 cm³/mol. The van der Waals surface area contributed by atoms with Gasteiger partial charge in [-0.15, -0.1) is 0 Å². The third-order valence-electron chi connectivity index (χ3n) is 6.58. The molecule has 2 aromatic heterocycles. The van der Waals surface area contributed by atoms with Crippen LogP contribution in [0.5, 0.6) is 11.6 Å². The van der Waals surface area contributed by atoms with E-state index < -0.39 is 18.3 Å². The average Bonchev–Trinajstić information content (AvgIpc) is 3.41. The molecule has 2 aliphatic heterocycles. The Morgan fingerprint density at radius 3 is 2.83 bits per heavy atom. The van der Waals surface area contributed by atoms with Crippen LogP contribution in [0.25, 0.3) is 11.4 Å². The number of nitrogens with zero attached hydrogens (tertiary/aromatic N) is 6. The second kappa shape index (κ2) is 11.9. The molecule has 2 saturated heterocycles. The molecule has 2 amide bonds. The summed E-state index contributed by atoms with van der Waals surface area (Å²) < 4.78 is 26.3. The number of nitriles is 1. The van der Waals surface area contributed by atoms with Crippen LogP contribution in [0.2, 0.25) is 0 Å². The molecule has 3 aromatic rings. The summed E-state index contributed by atoms with van der Waals surface area (Å²) in [7, 11) is 0. The van der Waals surface area contributed by atoms with Crippen LogP contribution in [-0.4, -0.2) is 74.7 Å². The minimum Gasteiger partial charge on any atom is -0.486 e. The highest BCUT2D eigenvalue weighted by molar-refractivity contribution is 5.90. The molecular formula is C27H27FN8O4. The van der Waals surface area contributed by atoms with Crippen molar-refractivity contribution in [2.24, 2.45) is 0 Å². The molecule has 5 rings (SSSR count). The summed E-state index contributed by atoms with van der Waals surface area (Å²) in [5.41, 5.74) is 1.40. The number of ether oxygens (including phenoxy) is 2. The average molecular weight is 547 g/mol. The van der Waals surface area contributed by atoms with Crippen molar-refractivity contribution in [1.82, 2.24) is 30.2 Å². The fourth-order valence-electron chi connectivity index (χ4n) is 4.57. The zero-order chi connectivity index (χ0) is 28.1. The minimum atomic E-state index is -1.45. The summed E-state index contributed by atoms with van der Waals surface area (Å²) in [6, 6.07) is 9.84. The number of rotatable bonds is 8. The number of carbonyl (C=O) groups is 2. The number of hydrogen-bond donors (Lipinski definition) is 2. The summed E-state index contributed by atoms with van der Waals surface area (Å²) in [4.78, 5) is 42.5. The number of alkyl halides is 1. The highest BCUT2D eigenvalue weighted by Gasteiger charge is 2.37. The molecule has 1 aromatic carbocycles. The summed E-state index contributed by atoms with van der Waals surface area (Å²) in [6.07, 6.45) is 1.64. The second-order valence-electron chi connectivity index (χ2n) is 9.30. The number of carbonyl (C=O) groups excluding carboxylic acids is 2. The monoisotopic (exact) mass is 546 g/mol. The quantitative estimate of drug-likeness (QED) is 0.431. The Labute approximate surface area is 229 Å². The molecule has 0 aliphatic carbocycles. The number of anilines is 2. The molecule has 0 saturated carbocycles. The van der Waals surface area contributed by atoms with E-state index in [1.54, 1.807) is 36.5 Å². The van der Waals surface area contributed by atoms with E-state index in [0.29, 0.717) is 48.9 Å². The number of benzene rings is 1. The molecular weight excluding hydrogens is 519 g/mol. The molecule has 3 atom stereocenters. The van der Waals surface area contributed by atoms with Gasteiger partial charge in [-0.25, -0.2) is 19.3 Å². The summed E-state index contributed by atoms with van der Waals surface area (Å²) in [5, 5.41) is 15.4. The molecule has 2 fully saturated rings. The van der Waals surface area contributed by atoms with Gasteiger partial charge in [0.25, 0.3) is 0 Å². The van der Waals surface area contributed by atoms with Gasteiger partial charge in [-0.1, -0.05) is 0 Å². The summed E-state index contributed by atoms with van der Waals surface area (Å²) in [6.45, 7) is 2.55. The van der Waals surface area contributed by atoms with Crippen molar-refractivity contribution >= 4 is 23.5 Å². The Morgan fingerprint density at radius 1 is 1.25 bits per heavy atom. The standard InChI is InChI=1S/C27H27FN8O4/c1-2-39-24-8-4-18(13-30-24)33-27-32-15-31-25(35-27)16-3-6-21(17(11-16)12-29)40-22-9-10-36(14-19(22)28)26(38)20-5-7-23(37)34-20/h3-4,6,8,11,13,15,19-20,22H,2,5,7,9-10,14H2,1H3,(H,34,37)(H,31,32,33,35)/t19-,20-,22-/m0/s1. The lowest BCUT2D eigenvalue weighted by molar-refractivity contribution is -0.138. The van der Waals surface area contributed by atoms with Crippen molar-refractivity contribution in [3.63, 3.8) is 0 Å². The Balaban J connectivity index is 1.24. The van der Waals surface area contributed by atoms with Crippen molar-refractivity contribution in [2.45, 2.75) is 44.5 Å². The van der Waals surface area contributed by atoms with Crippen molar-refractivity contribution < 1.29 is 23.5 Å².